The minimum Gasteiger partial charge on any atom is -0.315 e. The molecule has 0 aromatic heterocycles. The molecule has 1 saturated carbocycles. The highest BCUT2D eigenvalue weighted by Crippen LogP contribution is 2.34. The highest BCUT2D eigenvalue weighted by atomic mass is 15.0. The molecular formula is C13H26N2. The van der Waals surface area contributed by atoms with Crippen LogP contribution in [0.5, 0.6) is 0 Å². The Kier molecular flexibility index (Phi) is 4.45. The average molecular weight is 210 g/mol. The molecular weight excluding hydrogens is 184 g/mol. The molecule has 2 fully saturated rings. The van der Waals surface area contributed by atoms with Gasteiger partial charge < -0.3 is 10.6 Å². The van der Waals surface area contributed by atoms with Gasteiger partial charge in [-0.05, 0) is 50.1 Å². The molecule has 1 atom stereocenters. The SMILES string of the molecule is CC1CCC(C2CCNCCNC2)CC1. The van der Waals surface area contributed by atoms with Gasteiger partial charge in [-0.1, -0.05) is 19.8 Å². The number of hydrogen-bond acceptors (Lipinski definition) is 2. The molecule has 0 amide bonds. The molecule has 1 aliphatic heterocycles. The Balaban J connectivity index is 1.79. The predicted octanol–water partition coefficient (Wildman–Crippen LogP) is 2.01. The summed E-state index contributed by atoms with van der Waals surface area (Å²) in [6.07, 6.45) is 7.27. The molecule has 0 spiro atoms. The zero-order chi connectivity index (χ0) is 10.5. The van der Waals surface area contributed by atoms with E-state index in [9.17, 15) is 0 Å². The lowest BCUT2D eigenvalue weighted by Gasteiger charge is -2.34. The lowest BCUT2D eigenvalue weighted by molar-refractivity contribution is 0.194. The molecule has 0 aromatic carbocycles. The molecule has 2 nitrogen and oxygen atoms in total. The second-order valence-electron chi connectivity index (χ2n) is 5.52. The Bertz CT molecular complexity index is 165. The van der Waals surface area contributed by atoms with E-state index in [4.69, 9.17) is 0 Å². The van der Waals surface area contributed by atoms with Crippen molar-refractivity contribution in [3.63, 3.8) is 0 Å². The third-order valence-electron chi connectivity index (χ3n) is 4.30. The van der Waals surface area contributed by atoms with Gasteiger partial charge in [0.25, 0.3) is 0 Å². The van der Waals surface area contributed by atoms with Crippen molar-refractivity contribution in [2.24, 2.45) is 17.8 Å². The van der Waals surface area contributed by atoms with E-state index in [-0.39, 0.29) is 0 Å². The molecule has 2 rings (SSSR count). The molecule has 1 unspecified atom stereocenters. The van der Waals surface area contributed by atoms with Crippen molar-refractivity contribution in [2.75, 3.05) is 26.2 Å². The van der Waals surface area contributed by atoms with Crippen molar-refractivity contribution < 1.29 is 0 Å². The fourth-order valence-corrected chi connectivity index (χ4v) is 3.14. The Morgan fingerprint density at radius 3 is 2.27 bits per heavy atom. The summed E-state index contributed by atoms with van der Waals surface area (Å²) < 4.78 is 0. The number of rotatable bonds is 1. The van der Waals surface area contributed by atoms with Gasteiger partial charge >= 0.3 is 0 Å². The van der Waals surface area contributed by atoms with Gasteiger partial charge in [0.2, 0.25) is 0 Å². The normalized spacial score (nSPS) is 39.4. The standard InChI is InChI=1S/C13H26N2/c1-11-2-4-12(5-3-11)13-6-7-14-8-9-15-10-13/h11-15H,2-10H2,1H3. The topological polar surface area (TPSA) is 24.1 Å². The van der Waals surface area contributed by atoms with Gasteiger partial charge in [-0.2, -0.15) is 0 Å². The second kappa shape index (κ2) is 5.86. The first kappa shape index (κ1) is 11.4. The fourth-order valence-electron chi connectivity index (χ4n) is 3.14. The first-order valence-corrected chi connectivity index (χ1v) is 6.77. The van der Waals surface area contributed by atoms with E-state index >= 15 is 0 Å². The number of hydrogen-bond donors (Lipinski definition) is 2. The first-order valence-electron chi connectivity index (χ1n) is 6.77. The van der Waals surface area contributed by atoms with Crippen LogP contribution >= 0.6 is 0 Å². The summed E-state index contributed by atoms with van der Waals surface area (Å²) in [7, 11) is 0. The van der Waals surface area contributed by atoms with Crippen LogP contribution in [0.15, 0.2) is 0 Å². The molecule has 2 aliphatic rings. The van der Waals surface area contributed by atoms with Gasteiger partial charge in [0.05, 0.1) is 0 Å². The third kappa shape index (κ3) is 3.46. The van der Waals surface area contributed by atoms with Gasteiger partial charge in [0, 0.05) is 13.1 Å². The summed E-state index contributed by atoms with van der Waals surface area (Å²) in [6, 6.07) is 0. The van der Waals surface area contributed by atoms with E-state index in [2.05, 4.69) is 17.6 Å². The Morgan fingerprint density at radius 1 is 0.733 bits per heavy atom. The van der Waals surface area contributed by atoms with Crippen LogP contribution < -0.4 is 10.6 Å². The van der Waals surface area contributed by atoms with E-state index in [1.165, 1.54) is 45.2 Å². The minimum atomic E-state index is 0.935. The summed E-state index contributed by atoms with van der Waals surface area (Å²) in [5.74, 6) is 2.93. The Labute approximate surface area is 94.2 Å². The summed E-state index contributed by atoms with van der Waals surface area (Å²) in [5.41, 5.74) is 0. The first-order chi connectivity index (χ1) is 7.36. The molecule has 0 aromatic rings. The molecule has 88 valence electrons. The molecule has 15 heavy (non-hydrogen) atoms. The summed E-state index contributed by atoms with van der Waals surface area (Å²) in [6.45, 7) is 7.21. The highest BCUT2D eigenvalue weighted by Gasteiger charge is 2.25. The maximum Gasteiger partial charge on any atom is 0.00768 e. The van der Waals surface area contributed by atoms with Gasteiger partial charge in [-0.15, -0.1) is 0 Å². The third-order valence-corrected chi connectivity index (χ3v) is 4.30. The van der Waals surface area contributed by atoms with Crippen molar-refractivity contribution in [2.45, 2.75) is 39.0 Å². The van der Waals surface area contributed by atoms with Crippen LogP contribution in [0.3, 0.4) is 0 Å². The highest BCUT2D eigenvalue weighted by molar-refractivity contribution is 4.79. The van der Waals surface area contributed by atoms with Crippen molar-refractivity contribution in [3.05, 3.63) is 0 Å². The maximum absolute atomic E-state index is 3.58. The lowest BCUT2D eigenvalue weighted by Crippen LogP contribution is -2.39. The minimum absolute atomic E-state index is 0.935. The average Bonchev–Trinajstić information content (AvgIpc) is 2.19. The van der Waals surface area contributed by atoms with Crippen LogP contribution in [0.25, 0.3) is 0 Å². The van der Waals surface area contributed by atoms with Crippen LogP contribution in [-0.2, 0) is 0 Å². The lowest BCUT2D eigenvalue weighted by atomic mass is 9.75. The molecule has 2 heteroatoms. The van der Waals surface area contributed by atoms with E-state index in [1.54, 1.807) is 0 Å². The monoisotopic (exact) mass is 210 g/mol. The Morgan fingerprint density at radius 2 is 1.47 bits per heavy atom. The second-order valence-corrected chi connectivity index (χ2v) is 5.52. The van der Waals surface area contributed by atoms with Crippen molar-refractivity contribution in [1.82, 2.24) is 10.6 Å². The summed E-state index contributed by atoms with van der Waals surface area (Å²) in [5, 5.41) is 7.09. The van der Waals surface area contributed by atoms with Crippen LogP contribution in [-0.4, -0.2) is 26.2 Å². The largest absolute Gasteiger partial charge is 0.315 e. The van der Waals surface area contributed by atoms with Gasteiger partial charge in [0.15, 0.2) is 0 Å². The quantitative estimate of drug-likeness (QED) is 0.692. The zero-order valence-electron chi connectivity index (χ0n) is 10.1. The zero-order valence-corrected chi connectivity index (χ0v) is 10.1. The number of nitrogens with one attached hydrogen (secondary N) is 2. The van der Waals surface area contributed by atoms with E-state index in [1.807, 2.05) is 0 Å². The van der Waals surface area contributed by atoms with Crippen molar-refractivity contribution in [1.29, 1.82) is 0 Å². The van der Waals surface area contributed by atoms with Crippen molar-refractivity contribution in [3.8, 4) is 0 Å². The van der Waals surface area contributed by atoms with Gasteiger partial charge in [-0.25, -0.2) is 0 Å². The summed E-state index contributed by atoms with van der Waals surface area (Å²) in [4.78, 5) is 0. The molecule has 0 radical (unpaired) electrons. The van der Waals surface area contributed by atoms with Crippen LogP contribution in [0.2, 0.25) is 0 Å². The van der Waals surface area contributed by atoms with Crippen LogP contribution in [0.4, 0.5) is 0 Å². The molecule has 1 saturated heterocycles. The molecule has 2 N–H and O–H groups in total. The van der Waals surface area contributed by atoms with Crippen molar-refractivity contribution >= 4 is 0 Å². The Hall–Kier alpha value is -0.0800. The van der Waals surface area contributed by atoms with Crippen LogP contribution in [0.1, 0.15) is 39.0 Å². The molecule has 1 heterocycles. The predicted molar refractivity (Wildman–Crippen MR) is 65.0 cm³/mol. The van der Waals surface area contributed by atoms with E-state index in [0.29, 0.717) is 0 Å². The fraction of sp³-hybridized carbons (Fsp3) is 1.00. The smallest absolute Gasteiger partial charge is 0.00768 e. The summed E-state index contributed by atoms with van der Waals surface area (Å²) >= 11 is 0. The molecule has 1 aliphatic carbocycles. The van der Waals surface area contributed by atoms with Gasteiger partial charge in [0.1, 0.15) is 0 Å². The van der Waals surface area contributed by atoms with E-state index < -0.39 is 0 Å². The maximum atomic E-state index is 3.58. The molecule has 0 bridgehead atoms. The van der Waals surface area contributed by atoms with Gasteiger partial charge in [-0.3, -0.25) is 0 Å². The van der Waals surface area contributed by atoms with Crippen LogP contribution in [0, 0.1) is 17.8 Å². The van der Waals surface area contributed by atoms with E-state index in [0.717, 1.165) is 30.8 Å².